The minimum Gasteiger partial charge on any atom is -0.497 e. The molecule has 6 nitrogen and oxygen atoms in total. The minimum atomic E-state index is -1.87. The molecule has 0 spiro atoms. The van der Waals surface area contributed by atoms with E-state index in [-0.39, 0.29) is 13.0 Å². The number of Topliss-reactive ketones (excluding diaryl/α,β-unsaturated/α-hetero) is 1. The average molecular weight is 415 g/mol. The molecule has 1 aliphatic rings. The summed E-state index contributed by atoms with van der Waals surface area (Å²) in [6, 6.07) is 25.0. The molecule has 0 saturated carbocycles. The molecule has 1 unspecified atom stereocenters. The van der Waals surface area contributed by atoms with Gasteiger partial charge in [0.15, 0.2) is 0 Å². The van der Waals surface area contributed by atoms with Crippen molar-refractivity contribution in [1.82, 2.24) is 0 Å². The number of carbonyl (C=O) groups is 2. The Balaban J connectivity index is 1.60. The molecule has 1 atom stereocenters. The topological polar surface area (TPSA) is 74.2 Å². The fourth-order valence-corrected chi connectivity index (χ4v) is 3.36. The monoisotopic (exact) mass is 415 g/mol. The molecule has 6 heteroatoms. The number of benzene rings is 3. The van der Waals surface area contributed by atoms with Crippen LogP contribution < -0.4 is 4.74 Å². The first-order valence-electron chi connectivity index (χ1n) is 9.83. The SMILES string of the molecule is COc1ccc(C2=NOC(C(=O)OCc3ccccc3)(C(=O)c3ccccc3)C2)cc1. The number of nitrogens with zero attached hydrogens (tertiary/aromatic N) is 1. The third-order valence-corrected chi connectivity index (χ3v) is 5.10. The summed E-state index contributed by atoms with van der Waals surface area (Å²) < 4.78 is 10.7. The van der Waals surface area contributed by atoms with E-state index in [2.05, 4.69) is 5.16 Å². The highest BCUT2D eigenvalue weighted by atomic mass is 16.7. The number of hydrogen-bond acceptors (Lipinski definition) is 6. The van der Waals surface area contributed by atoms with Crippen molar-refractivity contribution in [2.24, 2.45) is 5.16 Å². The second-order valence-corrected chi connectivity index (χ2v) is 7.12. The first kappa shape index (κ1) is 20.3. The van der Waals surface area contributed by atoms with Crippen LogP contribution in [0.1, 0.15) is 27.9 Å². The number of hydrogen-bond donors (Lipinski definition) is 0. The Hall–Kier alpha value is -3.93. The Morgan fingerprint density at radius 1 is 0.935 bits per heavy atom. The highest BCUT2D eigenvalue weighted by Crippen LogP contribution is 2.33. The summed E-state index contributed by atoms with van der Waals surface area (Å²) in [5.41, 5.74) is 0.520. The van der Waals surface area contributed by atoms with Gasteiger partial charge in [-0.3, -0.25) is 4.79 Å². The van der Waals surface area contributed by atoms with Crippen molar-refractivity contribution in [1.29, 1.82) is 0 Å². The van der Waals surface area contributed by atoms with Gasteiger partial charge in [0.25, 0.3) is 0 Å². The van der Waals surface area contributed by atoms with Crippen molar-refractivity contribution in [2.75, 3.05) is 7.11 Å². The van der Waals surface area contributed by atoms with Gasteiger partial charge in [0.1, 0.15) is 12.4 Å². The number of esters is 1. The summed E-state index contributed by atoms with van der Waals surface area (Å²) in [5.74, 6) is -0.562. The van der Waals surface area contributed by atoms with Crippen molar-refractivity contribution in [3.63, 3.8) is 0 Å². The summed E-state index contributed by atoms with van der Waals surface area (Å²) in [5, 5.41) is 4.09. The van der Waals surface area contributed by atoms with E-state index in [9.17, 15) is 9.59 Å². The fraction of sp³-hybridized carbons (Fsp3) is 0.160. The van der Waals surface area contributed by atoms with E-state index >= 15 is 0 Å². The Morgan fingerprint density at radius 2 is 1.58 bits per heavy atom. The number of carbonyl (C=O) groups excluding carboxylic acids is 2. The molecule has 0 aromatic heterocycles. The molecule has 0 saturated heterocycles. The standard InChI is InChI=1S/C25H21NO5/c1-29-21-14-12-19(13-15-21)22-16-25(31-26-22,23(27)20-10-6-3-7-11-20)24(28)30-17-18-8-4-2-5-9-18/h2-15H,16-17H2,1H3. The predicted molar refractivity (Wildman–Crippen MR) is 115 cm³/mol. The van der Waals surface area contributed by atoms with E-state index in [1.54, 1.807) is 61.7 Å². The maximum absolute atomic E-state index is 13.4. The van der Waals surface area contributed by atoms with Crippen molar-refractivity contribution in [3.05, 3.63) is 102 Å². The lowest BCUT2D eigenvalue weighted by Gasteiger charge is -2.23. The molecule has 3 aromatic rings. The molecule has 0 N–H and O–H groups in total. The normalized spacial score (nSPS) is 17.4. The molecule has 0 amide bonds. The van der Waals surface area contributed by atoms with E-state index in [1.165, 1.54) is 0 Å². The number of methoxy groups -OCH3 is 1. The quantitative estimate of drug-likeness (QED) is 0.329. The van der Waals surface area contributed by atoms with Crippen LogP contribution >= 0.6 is 0 Å². The van der Waals surface area contributed by atoms with Crippen molar-refractivity contribution in [3.8, 4) is 5.75 Å². The summed E-state index contributed by atoms with van der Waals surface area (Å²) in [6.07, 6.45) is -0.0271. The second kappa shape index (κ2) is 8.83. The van der Waals surface area contributed by atoms with Crippen LogP contribution in [0.25, 0.3) is 0 Å². The van der Waals surface area contributed by atoms with Crippen molar-refractivity contribution < 1.29 is 23.9 Å². The largest absolute Gasteiger partial charge is 0.497 e. The highest BCUT2D eigenvalue weighted by Gasteiger charge is 2.55. The molecular weight excluding hydrogens is 394 g/mol. The van der Waals surface area contributed by atoms with Crippen LogP contribution in [-0.4, -0.2) is 30.2 Å². The van der Waals surface area contributed by atoms with Gasteiger partial charge in [-0.05, 0) is 35.4 Å². The highest BCUT2D eigenvalue weighted by molar-refractivity contribution is 6.20. The fourth-order valence-electron chi connectivity index (χ4n) is 3.36. The summed E-state index contributed by atoms with van der Waals surface area (Å²) in [4.78, 5) is 32.1. The molecule has 0 radical (unpaired) electrons. The Kier molecular flexibility index (Phi) is 5.80. The summed E-state index contributed by atoms with van der Waals surface area (Å²) >= 11 is 0. The average Bonchev–Trinajstić information content (AvgIpc) is 3.30. The van der Waals surface area contributed by atoms with E-state index in [0.717, 1.165) is 11.1 Å². The Morgan fingerprint density at radius 3 is 2.23 bits per heavy atom. The predicted octanol–water partition coefficient (Wildman–Crippen LogP) is 4.18. The van der Waals surface area contributed by atoms with Crippen molar-refractivity contribution >= 4 is 17.5 Å². The van der Waals surface area contributed by atoms with Gasteiger partial charge >= 0.3 is 11.6 Å². The molecule has 0 bridgehead atoms. The maximum atomic E-state index is 13.4. The number of ketones is 1. The molecule has 0 fully saturated rings. The molecule has 1 heterocycles. The molecule has 156 valence electrons. The third-order valence-electron chi connectivity index (χ3n) is 5.10. The first-order chi connectivity index (χ1) is 15.1. The van der Waals surface area contributed by atoms with Crippen LogP contribution in [0.5, 0.6) is 5.75 Å². The Labute approximate surface area is 180 Å². The zero-order valence-electron chi connectivity index (χ0n) is 17.0. The van der Waals surface area contributed by atoms with Gasteiger partial charge in [-0.25, -0.2) is 4.79 Å². The summed E-state index contributed by atoms with van der Waals surface area (Å²) in [7, 11) is 1.58. The zero-order valence-corrected chi connectivity index (χ0v) is 17.0. The van der Waals surface area contributed by atoms with Crippen LogP contribution in [0.15, 0.2) is 90.1 Å². The van der Waals surface area contributed by atoms with Crippen LogP contribution in [0.2, 0.25) is 0 Å². The molecule has 3 aromatic carbocycles. The van der Waals surface area contributed by atoms with Gasteiger partial charge in [-0.1, -0.05) is 65.8 Å². The lowest BCUT2D eigenvalue weighted by molar-refractivity contribution is -0.164. The van der Waals surface area contributed by atoms with Crippen LogP contribution in [0, 0.1) is 0 Å². The lowest BCUT2D eigenvalue weighted by atomic mass is 9.86. The number of ether oxygens (including phenoxy) is 2. The van der Waals surface area contributed by atoms with Crippen LogP contribution in [-0.2, 0) is 21.0 Å². The van der Waals surface area contributed by atoms with E-state index in [0.29, 0.717) is 17.0 Å². The second-order valence-electron chi connectivity index (χ2n) is 7.12. The van der Waals surface area contributed by atoms with Gasteiger partial charge < -0.3 is 14.3 Å². The maximum Gasteiger partial charge on any atom is 0.362 e. The van der Waals surface area contributed by atoms with Gasteiger partial charge in [0.05, 0.1) is 19.2 Å². The minimum absolute atomic E-state index is 0.0271. The van der Waals surface area contributed by atoms with Gasteiger partial charge in [0.2, 0.25) is 5.78 Å². The summed E-state index contributed by atoms with van der Waals surface area (Å²) in [6.45, 7) is 0.0325. The van der Waals surface area contributed by atoms with Crippen molar-refractivity contribution in [2.45, 2.75) is 18.6 Å². The molecule has 1 aliphatic heterocycles. The van der Waals surface area contributed by atoms with Gasteiger partial charge in [-0.2, -0.15) is 0 Å². The van der Waals surface area contributed by atoms with E-state index < -0.39 is 17.4 Å². The first-order valence-corrected chi connectivity index (χ1v) is 9.83. The van der Waals surface area contributed by atoms with E-state index in [1.807, 2.05) is 30.3 Å². The van der Waals surface area contributed by atoms with Crippen LogP contribution in [0.4, 0.5) is 0 Å². The lowest BCUT2D eigenvalue weighted by Crippen LogP contribution is -2.48. The molecule has 4 rings (SSSR count). The Bertz CT molecular complexity index is 1090. The third kappa shape index (κ3) is 4.19. The molecule has 0 aliphatic carbocycles. The van der Waals surface area contributed by atoms with Crippen LogP contribution in [0.3, 0.4) is 0 Å². The van der Waals surface area contributed by atoms with E-state index in [4.69, 9.17) is 14.3 Å². The van der Waals surface area contributed by atoms with Gasteiger partial charge in [-0.15, -0.1) is 0 Å². The van der Waals surface area contributed by atoms with Gasteiger partial charge in [0, 0.05) is 5.56 Å². The molecular formula is C25H21NO5. The molecule has 31 heavy (non-hydrogen) atoms. The number of rotatable bonds is 7. The number of oxime groups is 1. The smallest absolute Gasteiger partial charge is 0.362 e. The zero-order chi connectivity index (χ0) is 21.7.